The van der Waals surface area contributed by atoms with Gasteiger partial charge in [-0.2, -0.15) is 0 Å². The molecule has 0 rings (SSSR count). The summed E-state index contributed by atoms with van der Waals surface area (Å²) in [6.45, 7) is 4.53. The molecule has 0 aliphatic heterocycles. The summed E-state index contributed by atoms with van der Waals surface area (Å²) in [5, 5.41) is 11.7. The topological polar surface area (TPSA) is 111 Å². The fraction of sp³-hybridized carbons (Fsp3) is 0.696. The van der Waals surface area contributed by atoms with Crippen molar-refractivity contribution in [3.63, 3.8) is 0 Å². The number of allylic oxidation sites excluding steroid dienone is 14. The van der Waals surface area contributed by atoms with Gasteiger partial charge in [0.25, 0.3) is 0 Å². The zero-order valence-electron chi connectivity index (χ0n) is 42.1. The van der Waals surface area contributed by atoms with Crippen LogP contribution < -0.4 is 5.11 Å². The molecule has 0 bridgehead atoms. The molecule has 0 fully saturated rings. The van der Waals surface area contributed by atoms with E-state index in [0.717, 1.165) is 64.2 Å². The normalized spacial score (nSPS) is 13.6. The lowest BCUT2D eigenvalue weighted by atomic mass is 10.1. The van der Waals surface area contributed by atoms with Gasteiger partial charge >= 0.3 is 11.9 Å². The molecular formula is C56H95NO8. The third-order valence-corrected chi connectivity index (χ3v) is 10.6. The molecule has 9 nitrogen and oxygen atoms in total. The van der Waals surface area contributed by atoms with E-state index < -0.39 is 24.3 Å². The van der Waals surface area contributed by atoms with E-state index >= 15 is 0 Å². The Morgan fingerprint density at radius 3 is 1.37 bits per heavy atom. The predicted molar refractivity (Wildman–Crippen MR) is 269 cm³/mol. The molecule has 0 heterocycles. The Bertz CT molecular complexity index is 1340. The summed E-state index contributed by atoms with van der Waals surface area (Å²) in [5.74, 6) is -2.41. The Labute approximate surface area is 398 Å². The third kappa shape index (κ3) is 48.2. The molecule has 0 spiro atoms. The monoisotopic (exact) mass is 910 g/mol. The molecule has 0 saturated heterocycles. The number of likely N-dealkylation sites (N-methyl/N-ethyl adjacent to an activating group) is 1. The number of nitrogens with zero attached hydrogens (tertiary/aromatic N) is 1. The molecule has 0 aromatic carbocycles. The van der Waals surface area contributed by atoms with Gasteiger partial charge in [0.2, 0.25) is 0 Å². The number of carbonyl (C=O) groups excluding carboxylic acids is 3. The van der Waals surface area contributed by atoms with Gasteiger partial charge in [-0.15, -0.1) is 0 Å². The van der Waals surface area contributed by atoms with Gasteiger partial charge < -0.3 is 33.3 Å². The number of quaternary nitrogens is 1. The predicted octanol–water partition coefficient (Wildman–Crippen LogP) is 13.1. The highest BCUT2D eigenvalue weighted by atomic mass is 16.7. The minimum Gasteiger partial charge on any atom is -0.545 e. The fourth-order valence-electron chi connectivity index (χ4n) is 6.67. The van der Waals surface area contributed by atoms with E-state index in [2.05, 4.69) is 86.8 Å². The van der Waals surface area contributed by atoms with Crippen molar-refractivity contribution in [1.29, 1.82) is 0 Å². The summed E-state index contributed by atoms with van der Waals surface area (Å²) in [6, 6.07) is 0. The van der Waals surface area contributed by atoms with Crippen molar-refractivity contribution in [3.05, 3.63) is 85.1 Å². The lowest BCUT2D eigenvalue weighted by Crippen LogP contribution is -2.44. The molecule has 2 atom stereocenters. The molecule has 0 amide bonds. The minimum atomic E-state index is -1.64. The largest absolute Gasteiger partial charge is 0.545 e. The maximum absolute atomic E-state index is 12.8. The van der Waals surface area contributed by atoms with Gasteiger partial charge in [0.15, 0.2) is 12.4 Å². The summed E-state index contributed by atoms with van der Waals surface area (Å²) >= 11 is 0. The molecule has 0 radical (unpaired) electrons. The Morgan fingerprint density at radius 2 is 0.908 bits per heavy atom. The van der Waals surface area contributed by atoms with Crippen LogP contribution >= 0.6 is 0 Å². The van der Waals surface area contributed by atoms with E-state index in [1.165, 1.54) is 96.3 Å². The molecule has 9 heteroatoms. The van der Waals surface area contributed by atoms with Gasteiger partial charge in [-0.3, -0.25) is 9.59 Å². The van der Waals surface area contributed by atoms with Gasteiger partial charge in [0.1, 0.15) is 13.2 Å². The average molecular weight is 910 g/mol. The number of hydrogen-bond acceptors (Lipinski definition) is 8. The average Bonchev–Trinajstić information content (AvgIpc) is 3.27. The van der Waals surface area contributed by atoms with E-state index in [4.69, 9.17) is 18.9 Å². The summed E-state index contributed by atoms with van der Waals surface area (Å²) < 4.78 is 22.5. The van der Waals surface area contributed by atoms with Crippen molar-refractivity contribution in [2.24, 2.45) is 0 Å². The number of carbonyl (C=O) groups is 3. The van der Waals surface area contributed by atoms with Crippen molar-refractivity contribution < 1.29 is 42.9 Å². The number of esters is 2. The molecule has 0 aromatic heterocycles. The van der Waals surface area contributed by atoms with Crippen molar-refractivity contribution in [3.8, 4) is 0 Å². The maximum atomic E-state index is 12.8. The summed E-state index contributed by atoms with van der Waals surface area (Å²) in [7, 11) is 5.88. The molecule has 0 N–H and O–H groups in total. The lowest BCUT2D eigenvalue weighted by Gasteiger charge is -2.26. The number of unbranched alkanes of at least 4 members (excludes halogenated alkanes) is 17. The van der Waals surface area contributed by atoms with E-state index in [-0.39, 0.29) is 38.6 Å². The van der Waals surface area contributed by atoms with Gasteiger partial charge in [-0.25, -0.2) is 0 Å². The molecule has 2 unspecified atom stereocenters. The number of aliphatic carboxylic acids is 1. The van der Waals surface area contributed by atoms with Crippen LogP contribution in [0.3, 0.4) is 0 Å². The molecule has 0 aliphatic rings. The van der Waals surface area contributed by atoms with Crippen LogP contribution in [-0.4, -0.2) is 82.3 Å². The summed E-state index contributed by atoms with van der Waals surface area (Å²) in [4.78, 5) is 37.1. The van der Waals surface area contributed by atoms with Crippen molar-refractivity contribution >= 4 is 17.9 Å². The number of carboxylic acids is 1. The zero-order chi connectivity index (χ0) is 47.7. The number of carboxylic acid groups (broad SMARTS) is 1. The Kier molecular flexibility index (Phi) is 44.4. The first kappa shape index (κ1) is 61.5. The molecule has 0 aliphatic carbocycles. The lowest BCUT2D eigenvalue weighted by molar-refractivity contribution is -0.870. The van der Waals surface area contributed by atoms with Crippen LogP contribution in [0.5, 0.6) is 0 Å². The second kappa shape index (κ2) is 47.0. The van der Waals surface area contributed by atoms with Crippen LogP contribution in [0.2, 0.25) is 0 Å². The quantitative estimate of drug-likeness (QED) is 0.0195. The molecule has 0 aromatic rings. The second-order valence-electron chi connectivity index (χ2n) is 18.1. The first-order chi connectivity index (χ1) is 31.6. The Hall–Kier alpha value is -3.53. The number of rotatable bonds is 46. The highest BCUT2D eigenvalue weighted by Crippen LogP contribution is 2.14. The van der Waals surface area contributed by atoms with Crippen LogP contribution in [-0.2, 0) is 33.3 Å². The van der Waals surface area contributed by atoms with Gasteiger partial charge in [-0.1, -0.05) is 189 Å². The summed E-state index contributed by atoms with van der Waals surface area (Å²) in [6.07, 6.45) is 57.8. The van der Waals surface area contributed by atoms with E-state index in [1.807, 2.05) is 33.3 Å². The van der Waals surface area contributed by atoms with Crippen molar-refractivity contribution in [2.45, 2.75) is 206 Å². The smallest absolute Gasteiger partial charge is 0.306 e. The maximum Gasteiger partial charge on any atom is 0.306 e. The molecule has 0 saturated carbocycles. The SMILES string of the molecule is CC/C=C\C/C=C\C/C=C\C/C=C\C/C=C\C/C=C\CCC(=O)OC(COC(=O)CCCCCCCCCCC/C=C\CCCCCCCCCC)COC(OCC[N+](C)(C)C)C(=O)[O-]. The van der Waals surface area contributed by atoms with Gasteiger partial charge in [0, 0.05) is 12.8 Å². The first-order valence-corrected chi connectivity index (χ1v) is 25.7. The van der Waals surface area contributed by atoms with Crippen molar-refractivity contribution in [1.82, 2.24) is 0 Å². The van der Waals surface area contributed by atoms with Crippen LogP contribution in [0.25, 0.3) is 0 Å². The summed E-state index contributed by atoms with van der Waals surface area (Å²) in [5.41, 5.74) is 0. The van der Waals surface area contributed by atoms with Crippen LogP contribution in [0, 0.1) is 0 Å². The van der Waals surface area contributed by atoms with E-state index in [1.54, 1.807) is 0 Å². The van der Waals surface area contributed by atoms with E-state index in [9.17, 15) is 19.5 Å². The minimum absolute atomic E-state index is 0.118. The first-order valence-electron chi connectivity index (χ1n) is 25.7. The standard InChI is InChI=1S/C56H95NO8/c1-6-8-10-12-14-16-18-20-22-24-26-27-29-30-32-34-36-38-40-42-44-46-53(58)63-50-52(51-64-56(55(60)61)62-49-48-57(3,4)5)65-54(59)47-45-43-41-39-37-35-33-31-28-25-23-21-19-17-15-13-11-9-7-2/h9,11,15,17,21,23-24,26,28,31,35,37,41,43,52,56H,6-8,10,12-14,16,18-20,22,25,27,29-30,32-34,36,38-40,42,44-51H2,1-5H3/b11-9-,17-15-,23-21-,26-24-,31-28-,37-35-,43-41-. The van der Waals surface area contributed by atoms with Gasteiger partial charge in [-0.05, 0) is 77.0 Å². The fourth-order valence-corrected chi connectivity index (χ4v) is 6.67. The molecule has 372 valence electrons. The van der Waals surface area contributed by atoms with Crippen molar-refractivity contribution in [2.75, 3.05) is 47.5 Å². The van der Waals surface area contributed by atoms with Crippen LogP contribution in [0.15, 0.2) is 85.1 Å². The Morgan fingerprint density at radius 1 is 0.477 bits per heavy atom. The van der Waals surface area contributed by atoms with E-state index in [0.29, 0.717) is 17.4 Å². The second-order valence-corrected chi connectivity index (χ2v) is 18.1. The molecule has 65 heavy (non-hydrogen) atoms. The third-order valence-electron chi connectivity index (χ3n) is 10.6. The highest BCUT2D eigenvalue weighted by molar-refractivity contribution is 5.70. The van der Waals surface area contributed by atoms with Crippen LogP contribution in [0.1, 0.15) is 194 Å². The van der Waals surface area contributed by atoms with Gasteiger partial charge in [0.05, 0.1) is 40.3 Å². The Balaban J connectivity index is 4.45. The highest BCUT2D eigenvalue weighted by Gasteiger charge is 2.21. The zero-order valence-corrected chi connectivity index (χ0v) is 42.1. The van der Waals surface area contributed by atoms with Crippen LogP contribution in [0.4, 0.5) is 0 Å². The number of hydrogen-bond donors (Lipinski definition) is 0. The molecular weight excluding hydrogens is 815 g/mol. The number of ether oxygens (including phenoxy) is 4.